The molecule has 9 heteroatoms. The van der Waals surface area contributed by atoms with Gasteiger partial charge in [0.25, 0.3) is 5.65 Å². The molecule has 2 N–H and O–H groups in total. The molecule has 28 heavy (non-hydrogen) atoms. The van der Waals surface area contributed by atoms with E-state index in [9.17, 15) is 22.8 Å². The Kier molecular flexibility index (Phi) is 4.40. The molecular formula is C19H20F3N4O2+. The molecule has 1 aliphatic heterocycles. The lowest BCUT2D eigenvalue weighted by molar-refractivity contribution is -0.345. The number of halogens is 3. The Labute approximate surface area is 158 Å². The first-order chi connectivity index (χ1) is 13.2. The molecule has 1 saturated heterocycles. The summed E-state index contributed by atoms with van der Waals surface area (Å²) in [7, 11) is 0. The Bertz CT molecular complexity index is 1100. The van der Waals surface area contributed by atoms with Crippen LogP contribution in [0.3, 0.4) is 0 Å². The van der Waals surface area contributed by atoms with Crippen LogP contribution in [0.1, 0.15) is 25.8 Å². The maximum absolute atomic E-state index is 12.7. The molecule has 0 bridgehead atoms. The maximum atomic E-state index is 12.7. The molecule has 1 fully saturated rings. The lowest BCUT2D eigenvalue weighted by atomic mass is 9.92. The molecule has 0 aliphatic carbocycles. The van der Waals surface area contributed by atoms with Crippen molar-refractivity contribution in [3.63, 3.8) is 0 Å². The number of carbonyl (C=O) groups excluding carboxylic acids is 1. The number of piperidine rings is 1. The Balaban J connectivity index is 1.78. The number of hydrogen-bond acceptors (Lipinski definition) is 2. The molecule has 1 amide bonds. The summed E-state index contributed by atoms with van der Waals surface area (Å²) in [6, 6.07) is 3.08. The second kappa shape index (κ2) is 6.65. The number of H-pyrrole nitrogens is 2. The normalized spacial score (nSPS) is 20.8. The molecule has 4 rings (SSSR count). The third-order valence-electron chi connectivity index (χ3n) is 5.51. The first kappa shape index (κ1) is 18.5. The topological polar surface area (TPSA) is 72.2 Å². The van der Waals surface area contributed by atoms with Crippen LogP contribution in [-0.2, 0) is 4.79 Å². The Morgan fingerprint density at radius 2 is 2.11 bits per heavy atom. The minimum atomic E-state index is -4.52. The molecule has 0 saturated carbocycles. The summed E-state index contributed by atoms with van der Waals surface area (Å²) in [5, 5.41) is 1.32. The van der Waals surface area contributed by atoms with Gasteiger partial charge in [-0.15, -0.1) is 0 Å². The van der Waals surface area contributed by atoms with Gasteiger partial charge in [-0.1, -0.05) is 6.92 Å². The molecule has 0 aromatic carbocycles. The number of pyridine rings is 2. The second-order valence-corrected chi connectivity index (χ2v) is 7.37. The smallest absolute Gasteiger partial charge is 0.341 e. The third kappa shape index (κ3) is 3.25. The number of alkyl halides is 3. The van der Waals surface area contributed by atoms with E-state index in [1.165, 1.54) is 11.0 Å². The zero-order valence-corrected chi connectivity index (χ0v) is 15.2. The summed E-state index contributed by atoms with van der Waals surface area (Å²) in [6.07, 6.45) is -0.311. The highest BCUT2D eigenvalue weighted by Crippen LogP contribution is 2.32. The van der Waals surface area contributed by atoms with Crippen LogP contribution < -0.4 is 10.4 Å². The highest BCUT2D eigenvalue weighted by atomic mass is 19.4. The first-order valence-electron chi connectivity index (χ1n) is 9.12. The van der Waals surface area contributed by atoms with Gasteiger partial charge in [-0.3, -0.25) is 9.59 Å². The van der Waals surface area contributed by atoms with Gasteiger partial charge in [0.15, 0.2) is 5.43 Å². The number of nitrogens with one attached hydrogen (secondary N) is 2. The van der Waals surface area contributed by atoms with Gasteiger partial charge in [0.2, 0.25) is 5.91 Å². The number of nitrogens with zero attached hydrogens (tertiary/aromatic N) is 2. The number of fused-ring (bicyclic) bond motifs is 3. The molecule has 3 aromatic heterocycles. The van der Waals surface area contributed by atoms with Crippen LogP contribution in [0, 0.1) is 5.92 Å². The molecule has 2 atom stereocenters. The van der Waals surface area contributed by atoms with E-state index in [4.69, 9.17) is 0 Å². The number of likely N-dealkylation sites (tertiary alicyclic amines) is 1. The van der Waals surface area contributed by atoms with Gasteiger partial charge < -0.3 is 9.47 Å². The number of carbonyl (C=O) groups is 1. The third-order valence-corrected chi connectivity index (χ3v) is 5.51. The van der Waals surface area contributed by atoms with Crippen LogP contribution in [0.2, 0.25) is 0 Å². The zero-order chi connectivity index (χ0) is 20.1. The van der Waals surface area contributed by atoms with Crippen molar-refractivity contribution in [2.45, 2.75) is 32.0 Å². The highest BCUT2D eigenvalue weighted by Gasteiger charge is 2.37. The molecule has 0 spiro atoms. The Morgan fingerprint density at radius 1 is 1.32 bits per heavy atom. The van der Waals surface area contributed by atoms with Gasteiger partial charge in [-0.2, -0.15) is 13.2 Å². The van der Waals surface area contributed by atoms with E-state index in [0.29, 0.717) is 23.9 Å². The Hall–Kier alpha value is -2.84. The lowest BCUT2D eigenvalue weighted by Gasteiger charge is -2.39. The predicted molar refractivity (Wildman–Crippen MR) is 96.7 cm³/mol. The summed E-state index contributed by atoms with van der Waals surface area (Å²) in [6.45, 7) is 2.50. The van der Waals surface area contributed by atoms with Crippen molar-refractivity contribution < 1.29 is 22.9 Å². The molecule has 0 radical (unpaired) electrons. The van der Waals surface area contributed by atoms with E-state index < -0.39 is 18.5 Å². The number of amides is 1. The summed E-state index contributed by atoms with van der Waals surface area (Å²) < 4.78 is 39.9. The molecular weight excluding hydrogens is 373 g/mol. The zero-order valence-electron chi connectivity index (χ0n) is 15.2. The molecule has 1 aliphatic rings. The van der Waals surface area contributed by atoms with E-state index in [-0.39, 0.29) is 23.9 Å². The summed E-state index contributed by atoms with van der Waals surface area (Å²) >= 11 is 0. The van der Waals surface area contributed by atoms with Gasteiger partial charge in [0.1, 0.15) is 12.6 Å². The van der Waals surface area contributed by atoms with Crippen molar-refractivity contribution in [3.05, 3.63) is 40.9 Å². The predicted octanol–water partition coefficient (Wildman–Crippen LogP) is 2.66. The van der Waals surface area contributed by atoms with Crippen LogP contribution in [-0.4, -0.2) is 39.6 Å². The summed E-state index contributed by atoms with van der Waals surface area (Å²) in [5.41, 5.74) is 1.32. The number of hydrogen-bond donors (Lipinski definition) is 1. The van der Waals surface area contributed by atoms with Crippen LogP contribution in [0.25, 0.3) is 21.9 Å². The van der Waals surface area contributed by atoms with E-state index >= 15 is 0 Å². The van der Waals surface area contributed by atoms with Crippen LogP contribution in [0.15, 0.2) is 35.5 Å². The SMILES string of the molecule is C[C@@H]1CCN(C(=O)CC(F)(F)F)C[C@@H]1n1ccc(=O)c2c[nH+]c3[nH]ccc3c21. The van der Waals surface area contributed by atoms with E-state index in [1.807, 2.05) is 17.6 Å². The van der Waals surface area contributed by atoms with Gasteiger partial charge in [0.05, 0.1) is 28.5 Å². The minimum absolute atomic E-state index is 0.138. The lowest BCUT2D eigenvalue weighted by Crippen LogP contribution is -2.45. The average Bonchev–Trinajstić information content (AvgIpc) is 3.10. The van der Waals surface area contributed by atoms with Gasteiger partial charge in [-0.05, 0) is 18.4 Å². The van der Waals surface area contributed by atoms with Crippen molar-refractivity contribution in [3.8, 4) is 0 Å². The fraction of sp³-hybridized carbons (Fsp3) is 0.421. The van der Waals surface area contributed by atoms with Gasteiger partial charge in [0, 0.05) is 25.4 Å². The number of rotatable bonds is 2. The quantitative estimate of drug-likeness (QED) is 0.727. The fourth-order valence-corrected chi connectivity index (χ4v) is 4.02. The summed E-state index contributed by atoms with van der Waals surface area (Å²) in [5.74, 6) is -0.770. The Morgan fingerprint density at radius 3 is 2.86 bits per heavy atom. The van der Waals surface area contributed by atoms with Crippen molar-refractivity contribution in [2.24, 2.45) is 5.92 Å². The average molecular weight is 393 g/mol. The first-order valence-corrected chi connectivity index (χ1v) is 9.12. The van der Waals surface area contributed by atoms with Crippen LogP contribution >= 0.6 is 0 Å². The van der Waals surface area contributed by atoms with E-state index in [0.717, 1.165) is 11.0 Å². The molecule has 0 unspecified atom stereocenters. The standard InChI is InChI=1S/C19H19F3N4O2/c1-11-3-6-25(16(28)8-19(20,21)22)10-14(11)26-7-4-15(27)13-9-24-18-12(17(13)26)2-5-23-18/h2,4-5,7,9,11,14H,3,6,8,10H2,1H3,(H,23,24)/p+1/t11-,14+/m1/s1. The largest absolute Gasteiger partial charge is 0.397 e. The number of aromatic nitrogens is 3. The maximum Gasteiger partial charge on any atom is 0.397 e. The van der Waals surface area contributed by atoms with Crippen molar-refractivity contribution in [1.29, 1.82) is 0 Å². The van der Waals surface area contributed by atoms with E-state index in [2.05, 4.69) is 9.97 Å². The minimum Gasteiger partial charge on any atom is -0.341 e. The molecule has 4 heterocycles. The van der Waals surface area contributed by atoms with Gasteiger partial charge >= 0.3 is 6.18 Å². The monoisotopic (exact) mass is 393 g/mol. The number of aromatic amines is 2. The van der Waals surface area contributed by atoms with Crippen molar-refractivity contribution in [1.82, 2.24) is 14.5 Å². The molecule has 148 valence electrons. The van der Waals surface area contributed by atoms with Crippen molar-refractivity contribution in [2.75, 3.05) is 13.1 Å². The van der Waals surface area contributed by atoms with Crippen LogP contribution in [0.4, 0.5) is 13.2 Å². The fourth-order valence-electron chi connectivity index (χ4n) is 4.02. The highest BCUT2D eigenvalue weighted by molar-refractivity contribution is 6.00. The second-order valence-electron chi connectivity index (χ2n) is 7.37. The van der Waals surface area contributed by atoms with Gasteiger partial charge in [-0.25, -0.2) is 9.97 Å². The van der Waals surface area contributed by atoms with Crippen LogP contribution in [0.5, 0.6) is 0 Å². The summed E-state index contributed by atoms with van der Waals surface area (Å²) in [4.78, 5) is 31.9. The molecule has 6 nitrogen and oxygen atoms in total. The van der Waals surface area contributed by atoms with Crippen molar-refractivity contribution >= 4 is 27.8 Å². The van der Waals surface area contributed by atoms with E-state index in [1.54, 1.807) is 18.6 Å². The molecule has 3 aromatic rings.